The number of piperidine rings is 1. The summed E-state index contributed by atoms with van der Waals surface area (Å²) in [5.74, 6) is 1.46. The van der Waals surface area contributed by atoms with Crippen LogP contribution in [0.25, 0.3) is 0 Å². The molecule has 1 aromatic rings. The number of rotatable bonds is 7. The number of hydrogen-bond donors (Lipinski definition) is 1. The van der Waals surface area contributed by atoms with Gasteiger partial charge in [0.05, 0.1) is 13.2 Å². The summed E-state index contributed by atoms with van der Waals surface area (Å²) in [6.07, 6.45) is 1.61. The predicted molar refractivity (Wildman–Crippen MR) is 87.8 cm³/mol. The standard InChI is InChI=1S/C16H26N4O3/c1-4-23-14-11-12(2)18-16(19-14)20-8-5-13(6-9-20)15(21)17-7-10-22-3/h11,13H,4-10H2,1-3H3,(H,17,21). The van der Waals surface area contributed by atoms with Gasteiger partial charge in [-0.1, -0.05) is 0 Å². The summed E-state index contributed by atoms with van der Waals surface area (Å²) in [7, 11) is 1.63. The zero-order chi connectivity index (χ0) is 16.7. The second kappa shape index (κ2) is 8.67. The zero-order valence-electron chi connectivity index (χ0n) is 14.2. The molecule has 0 saturated carbocycles. The van der Waals surface area contributed by atoms with Crippen LogP contribution in [0.2, 0.25) is 0 Å². The highest BCUT2D eigenvalue weighted by Gasteiger charge is 2.26. The van der Waals surface area contributed by atoms with Gasteiger partial charge < -0.3 is 19.7 Å². The van der Waals surface area contributed by atoms with Gasteiger partial charge in [0.15, 0.2) is 0 Å². The number of carbonyl (C=O) groups is 1. The van der Waals surface area contributed by atoms with Crippen LogP contribution < -0.4 is 15.0 Å². The van der Waals surface area contributed by atoms with Gasteiger partial charge in [-0.15, -0.1) is 0 Å². The maximum absolute atomic E-state index is 12.1. The van der Waals surface area contributed by atoms with E-state index in [4.69, 9.17) is 9.47 Å². The minimum atomic E-state index is 0.0549. The lowest BCUT2D eigenvalue weighted by atomic mass is 9.96. The molecule has 23 heavy (non-hydrogen) atoms. The second-order valence-corrected chi connectivity index (χ2v) is 5.63. The summed E-state index contributed by atoms with van der Waals surface area (Å²) in [5, 5.41) is 2.91. The van der Waals surface area contributed by atoms with Crippen molar-refractivity contribution in [1.82, 2.24) is 15.3 Å². The van der Waals surface area contributed by atoms with Crippen molar-refractivity contribution in [3.05, 3.63) is 11.8 Å². The van der Waals surface area contributed by atoms with Gasteiger partial charge in [0.1, 0.15) is 0 Å². The molecule has 7 nitrogen and oxygen atoms in total. The number of nitrogens with one attached hydrogen (secondary N) is 1. The Labute approximate surface area is 137 Å². The first-order chi connectivity index (χ1) is 11.1. The maximum atomic E-state index is 12.1. The average Bonchev–Trinajstić information content (AvgIpc) is 2.55. The van der Waals surface area contributed by atoms with Crippen LogP contribution >= 0.6 is 0 Å². The van der Waals surface area contributed by atoms with Crippen LogP contribution in [0.5, 0.6) is 5.88 Å². The van der Waals surface area contributed by atoms with Crippen LogP contribution in [0.3, 0.4) is 0 Å². The lowest BCUT2D eigenvalue weighted by Gasteiger charge is -2.31. The van der Waals surface area contributed by atoms with Crippen molar-refractivity contribution in [1.29, 1.82) is 0 Å². The first kappa shape index (κ1) is 17.5. The number of anilines is 1. The molecule has 1 aliphatic heterocycles. The summed E-state index contributed by atoms with van der Waals surface area (Å²) in [6.45, 7) is 7.11. The van der Waals surface area contributed by atoms with Crippen LogP contribution in [0.1, 0.15) is 25.5 Å². The minimum absolute atomic E-state index is 0.0549. The molecular formula is C16H26N4O3. The monoisotopic (exact) mass is 322 g/mol. The zero-order valence-corrected chi connectivity index (χ0v) is 14.2. The summed E-state index contributed by atoms with van der Waals surface area (Å²) < 4.78 is 10.4. The molecule has 1 aliphatic rings. The van der Waals surface area contributed by atoms with E-state index in [1.165, 1.54) is 0 Å². The number of amides is 1. The number of hydrogen-bond acceptors (Lipinski definition) is 6. The fraction of sp³-hybridized carbons (Fsp3) is 0.688. The lowest BCUT2D eigenvalue weighted by molar-refractivity contribution is -0.125. The summed E-state index contributed by atoms with van der Waals surface area (Å²) in [5.41, 5.74) is 0.887. The Bertz CT molecular complexity index is 516. The van der Waals surface area contributed by atoms with Crippen molar-refractivity contribution in [2.45, 2.75) is 26.7 Å². The van der Waals surface area contributed by atoms with Crippen molar-refractivity contribution in [3.63, 3.8) is 0 Å². The molecule has 0 bridgehead atoms. The van der Waals surface area contributed by atoms with E-state index in [2.05, 4.69) is 20.2 Å². The normalized spacial score (nSPS) is 15.5. The van der Waals surface area contributed by atoms with Gasteiger partial charge in [-0.05, 0) is 26.7 Å². The fourth-order valence-electron chi connectivity index (χ4n) is 2.65. The Morgan fingerprint density at radius 3 is 2.78 bits per heavy atom. The highest BCUT2D eigenvalue weighted by Crippen LogP contribution is 2.22. The summed E-state index contributed by atoms with van der Waals surface area (Å²) in [6, 6.07) is 1.84. The molecule has 0 aliphatic carbocycles. The van der Waals surface area contributed by atoms with Crippen LogP contribution in [0.15, 0.2) is 6.07 Å². The van der Waals surface area contributed by atoms with Gasteiger partial charge in [0, 0.05) is 44.4 Å². The molecular weight excluding hydrogens is 296 g/mol. The van der Waals surface area contributed by atoms with Crippen LogP contribution in [-0.4, -0.2) is 55.8 Å². The van der Waals surface area contributed by atoms with E-state index in [9.17, 15) is 4.79 Å². The Balaban J connectivity index is 1.90. The largest absolute Gasteiger partial charge is 0.478 e. The Morgan fingerprint density at radius 1 is 1.39 bits per heavy atom. The molecule has 1 amide bonds. The first-order valence-electron chi connectivity index (χ1n) is 8.14. The van der Waals surface area contributed by atoms with Crippen LogP contribution in [0, 0.1) is 12.8 Å². The molecule has 0 radical (unpaired) electrons. The van der Waals surface area contributed by atoms with Gasteiger partial charge in [-0.3, -0.25) is 4.79 Å². The number of ether oxygens (including phenoxy) is 2. The third-order valence-electron chi connectivity index (χ3n) is 3.87. The number of carbonyl (C=O) groups excluding carboxylic acids is 1. The Morgan fingerprint density at radius 2 is 2.13 bits per heavy atom. The fourth-order valence-corrected chi connectivity index (χ4v) is 2.65. The molecule has 7 heteroatoms. The number of nitrogens with zero attached hydrogens (tertiary/aromatic N) is 3. The summed E-state index contributed by atoms with van der Waals surface area (Å²) >= 11 is 0. The number of aromatic nitrogens is 2. The van der Waals surface area contributed by atoms with Gasteiger partial charge >= 0.3 is 0 Å². The van der Waals surface area contributed by atoms with Crippen molar-refractivity contribution in [2.24, 2.45) is 5.92 Å². The quantitative estimate of drug-likeness (QED) is 0.759. The third-order valence-corrected chi connectivity index (χ3v) is 3.87. The lowest BCUT2D eigenvalue weighted by Crippen LogP contribution is -2.41. The molecule has 1 N–H and O–H groups in total. The first-order valence-corrected chi connectivity index (χ1v) is 8.14. The molecule has 128 valence electrons. The molecule has 0 unspecified atom stereocenters. The molecule has 1 fully saturated rings. The van der Waals surface area contributed by atoms with Crippen molar-refractivity contribution < 1.29 is 14.3 Å². The topological polar surface area (TPSA) is 76.6 Å². The molecule has 2 rings (SSSR count). The van der Waals surface area contributed by atoms with E-state index < -0.39 is 0 Å². The molecule has 2 heterocycles. The molecule has 0 aromatic carbocycles. The minimum Gasteiger partial charge on any atom is -0.478 e. The molecule has 1 saturated heterocycles. The van der Waals surface area contributed by atoms with Crippen molar-refractivity contribution >= 4 is 11.9 Å². The third kappa shape index (κ3) is 5.06. The average molecular weight is 322 g/mol. The van der Waals surface area contributed by atoms with Crippen LogP contribution in [0.4, 0.5) is 5.95 Å². The van der Waals surface area contributed by atoms with E-state index >= 15 is 0 Å². The highest BCUT2D eigenvalue weighted by atomic mass is 16.5. The van der Waals surface area contributed by atoms with Gasteiger partial charge in [-0.2, -0.15) is 4.98 Å². The van der Waals surface area contributed by atoms with E-state index in [1.807, 2.05) is 19.9 Å². The Hall–Kier alpha value is -1.89. The van der Waals surface area contributed by atoms with E-state index in [0.29, 0.717) is 31.6 Å². The molecule has 0 atom stereocenters. The van der Waals surface area contributed by atoms with Gasteiger partial charge in [0.25, 0.3) is 0 Å². The van der Waals surface area contributed by atoms with Gasteiger partial charge in [-0.25, -0.2) is 4.98 Å². The molecule has 1 aromatic heterocycles. The predicted octanol–water partition coefficient (Wildman–Crippen LogP) is 1.16. The smallest absolute Gasteiger partial charge is 0.228 e. The van der Waals surface area contributed by atoms with Gasteiger partial charge in [0.2, 0.25) is 17.7 Å². The van der Waals surface area contributed by atoms with E-state index in [1.54, 1.807) is 7.11 Å². The number of aryl methyl sites for hydroxylation is 1. The van der Waals surface area contributed by atoms with Crippen LogP contribution in [-0.2, 0) is 9.53 Å². The van der Waals surface area contributed by atoms with Crippen molar-refractivity contribution in [2.75, 3.05) is 44.9 Å². The maximum Gasteiger partial charge on any atom is 0.228 e. The van der Waals surface area contributed by atoms with E-state index in [-0.39, 0.29) is 11.8 Å². The summed E-state index contributed by atoms with van der Waals surface area (Å²) in [4.78, 5) is 23.1. The van der Waals surface area contributed by atoms with E-state index in [0.717, 1.165) is 31.6 Å². The Kier molecular flexibility index (Phi) is 6.58. The second-order valence-electron chi connectivity index (χ2n) is 5.63. The molecule has 0 spiro atoms. The SMILES string of the molecule is CCOc1cc(C)nc(N2CCC(C(=O)NCCOC)CC2)n1. The number of methoxy groups -OCH3 is 1. The highest BCUT2D eigenvalue weighted by molar-refractivity contribution is 5.78. The van der Waals surface area contributed by atoms with Crippen molar-refractivity contribution in [3.8, 4) is 5.88 Å².